The van der Waals surface area contributed by atoms with Crippen molar-refractivity contribution in [3.63, 3.8) is 0 Å². The third-order valence-electron chi connectivity index (χ3n) is 2.85. The Hall–Kier alpha value is -1.62. The fraction of sp³-hybridized carbons (Fsp3) is 0.571. The molecule has 0 spiro atoms. The van der Waals surface area contributed by atoms with Crippen LogP contribution in [0, 0.1) is 6.92 Å². The van der Waals surface area contributed by atoms with Gasteiger partial charge in [0.1, 0.15) is 0 Å². The largest absolute Gasteiger partial charge is 0.385 e. The monoisotopic (exact) mass is 265 g/mol. The minimum absolute atomic E-state index is 0.0216. The minimum atomic E-state index is -0.118. The van der Waals surface area contributed by atoms with Crippen LogP contribution in [0.4, 0.5) is 5.69 Å². The lowest BCUT2D eigenvalue weighted by Crippen LogP contribution is -2.37. The molecule has 0 saturated heterocycles. The molecule has 0 aliphatic carbocycles. The lowest BCUT2D eigenvalue weighted by atomic mass is 10.1. The van der Waals surface area contributed by atoms with Crippen LogP contribution in [0.15, 0.2) is 12.3 Å². The summed E-state index contributed by atoms with van der Waals surface area (Å²) in [6.07, 6.45) is 2.44. The standard InChI is InChI=1S/C14H23N3O2/c1-5-11(9-19-4)17-14(18)12-8-16-10(3)7-13(12)15-6-2/h7-8,11H,5-6,9H2,1-4H3,(H,15,16)(H,17,18). The van der Waals surface area contributed by atoms with Gasteiger partial charge in [0.05, 0.1) is 23.9 Å². The predicted molar refractivity (Wildman–Crippen MR) is 76.6 cm³/mol. The number of ether oxygens (including phenoxy) is 1. The number of nitrogens with zero attached hydrogens (tertiary/aromatic N) is 1. The molecule has 0 bridgehead atoms. The maximum Gasteiger partial charge on any atom is 0.255 e. The summed E-state index contributed by atoms with van der Waals surface area (Å²) in [5.74, 6) is -0.118. The first-order valence-corrected chi connectivity index (χ1v) is 6.62. The molecule has 1 atom stereocenters. The number of aromatic nitrogens is 1. The zero-order valence-electron chi connectivity index (χ0n) is 12.1. The molecular formula is C14H23N3O2. The molecule has 1 heterocycles. The number of pyridine rings is 1. The fourth-order valence-corrected chi connectivity index (χ4v) is 1.80. The molecule has 1 unspecified atom stereocenters. The molecular weight excluding hydrogens is 242 g/mol. The van der Waals surface area contributed by atoms with E-state index in [0.29, 0.717) is 12.2 Å². The first-order valence-electron chi connectivity index (χ1n) is 6.62. The SMILES string of the molecule is CCNc1cc(C)ncc1C(=O)NC(CC)COC. The molecule has 0 radical (unpaired) electrons. The highest BCUT2D eigenvalue weighted by atomic mass is 16.5. The fourth-order valence-electron chi connectivity index (χ4n) is 1.80. The molecule has 1 aromatic rings. The van der Waals surface area contributed by atoms with Crippen molar-refractivity contribution in [1.82, 2.24) is 10.3 Å². The summed E-state index contributed by atoms with van der Waals surface area (Å²) in [5, 5.41) is 6.15. The van der Waals surface area contributed by atoms with Gasteiger partial charge < -0.3 is 15.4 Å². The van der Waals surface area contributed by atoms with Gasteiger partial charge in [0.15, 0.2) is 0 Å². The van der Waals surface area contributed by atoms with Crippen molar-refractivity contribution in [3.05, 3.63) is 23.5 Å². The van der Waals surface area contributed by atoms with Gasteiger partial charge in [0, 0.05) is 25.5 Å². The summed E-state index contributed by atoms with van der Waals surface area (Å²) in [6, 6.07) is 1.91. The third-order valence-corrected chi connectivity index (χ3v) is 2.85. The number of anilines is 1. The van der Waals surface area contributed by atoms with Crippen LogP contribution in [0.25, 0.3) is 0 Å². The number of hydrogen-bond donors (Lipinski definition) is 2. The Morgan fingerprint density at radius 1 is 1.47 bits per heavy atom. The Labute approximate surface area is 114 Å². The van der Waals surface area contributed by atoms with Crippen LogP contribution >= 0.6 is 0 Å². The third kappa shape index (κ3) is 4.52. The number of amides is 1. The number of aryl methyl sites for hydroxylation is 1. The van der Waals surface area contributed by atoms with Gasteiger partial charge in [0.25, 0.3) is 5.91 Å². The van der Waals surface area contributed by atoms with Crippen LogP contribution in [-0.4, -0.2) is 37.2 Å². The summed E-state index contributed by atoms with van der Waals surface area (Å²) in [5.41, 5.74) is 2.28. The molecule has 5 nitrogen and oxygen atoms in total. The smallest absolute Gasteiger partial charge is 0.255 e. The van der Waals surface area contributed by atoms with Crippen molar-refractivity contribution in [2.24, 2.45) is 0 Å². The van der Waals surface area contributed by atoms with Gasteiger partial charge in [-0.3, -0.25) is 9.78 Å². The first kappa shape index (κ1) is 15.4. The predicted octanol–water partition coefficient (Wildman–Crippen LogP) is 1.98. The Bertz CT molecular complexity index is 421. The lowest BCUT2D eigenvalue weighted by molar-refractivity contribution is 0.0895. The summed E-state index contributed by atoms with van der Waals surface area (Å²) in [7, 11) is 1.63. The van der Waals surface area contributed by atoms with Gasteiger partial charge in [-0.25, -0.2) is 0 Å². The van der Waals surface area contributed by atoms with Crippen molar-refractivity contribution in [2.75, 3.05) is 25.6 Å². The number of rotatable bonds is 7. The molecule has 1 rings (SSSR count). The van der Waals surface area contributed by atoms with E-state index in [4.69, 9.17) is 4.74 Å². The molecule has 0 saturated carbocycles. The molecule has 0 aliphatic heterocycles. The highest BCUT2D eigenvalue weighted by Crippen LogP contribution is 2.15. The quantitative estimate of drug-likeness (QED) is 0.791. The van der Waals surface area contributed by atoms with E-state index in [1.54, 1.807) is 13.3 Å². The van der Waals surface area contributed by atoms with Crippen LogP contribution in [0.3, 0.4) is 0 Å². The minimum Gasteiger partial charge on any atom is -0.385 e. The molecule has 1 amide bonds. The molecule has 106 valence electrons. The second-order valence-electron chi connectivity index (χ2n) is 4.44. The molecule has 0 aromatic carbocycles. The van der Waals surface area contributed by atoms with Crippen molar-refractivity contribution in [1.29, 1.82) is 0 Å². The van der Waals surface area contributed by atoms with E-state index >= 15 is 0 Å². The molecule has 1 aromatic heterocycles. The van der Waals surface area contributed by atoms with Crippen LogP contribution in [0.5, 0.6) is 0 Å². The molecule has 0 aliphatic rings. The van der Waals surface area contributed by atoms with Gasteiger partial charge in [0.2, 0.25) is 0 Å². The van der Waals surface area contributed by atoms with E-state index in [1.807, 2.05) is 26.8 Å². The van der Waals surface area contributed by atoms with E-state index in [0.717, 1.165) is 24.3 Å². The van der Waals surface area contributed by atoms with E-state index in [1.165, 1.54) is 0 Å². The average Bonchev–Trinajstić information content (AvgIpc) is 2.38. The topological polar surface area (TPSA) is 63.2 Å². The Kier molecular flexibility index (Phi) is 6.29. The van der Waals surface area contributed by atoms with Crippen LogP contribution in [0.2, 0.25) is 0 Å². The molecule has 5 heteroatoms. The Morgan fingerprint density at radius 3 is 2.79 bits per heavy atom. The number of methoxy groups -OCH3 is 1. The van der Waals surface area contributed by atoms with Crippen molar-refractivity contribution >= 4 is 11.6 Å². The van der Waals surface area contributed by atoms with Crippen molar-refractivity contribution in [3.8, 4) is 0 Å². The Balaban J connectivity index is 2.86. The highest BCUT2D eigenvalue weighted by molar-refractivity contribution is 5.99. The van der Waals surface area contributed by atoms with Crippen molar-refractivity contribution < 1.29 is 9.53 Å². The van der Waals surface area contributed by atoms with Crippen LogP contribution < -0.4 is 10.6 Å². The first-order chi connectivity index (χ1) is 9.12. The molecule has 19 heavy (non-hydrogen) atoms. The molecule has 0 fully saturated rings. The van der Waals surface area contributed by atoms with Gasteiger partial charge in [-0.1, -0.05) is 6.92 Å². The normalized spacial score (nSPS) is 12.0. The van der Waals surface area contributed by atoms with E-state index < -0.39 is 0 Å². The van der Waals surface area contributed by atoms with E-state index in [-0.39, 0.29) is 11.9 Å². The second kappa shape index (κ2) is 7.74. The van der Waals surface area contributed by atoms with E-state index in [2.05, 4.69) is 15.6 Å². The van der Waals surface area contributed by atoms with Crippen LogP contribution in [0.1, 0.15) is 36.3 Å². The molecule has 2 N–H and O–H groups in total. The van der Waals surface area contributed by atoms with Gasteiger partial charge >= 0.3 is 0 Å². The number of nitrogens with one attached hydrogen (secondary N) is 2. The maximum atomic E-state index is 12.2. The van der Waals surface area contributed by atoms with Gasteiger partial charge in [-0.05, 0) is 26.3 Å². The summed E-state index contributed by atoms with van der Waals surface area (Å²) in [6.45, 7) is 7.19. The maximum absolute atomic E-state index is 12.2. The Morgan fingerprint density at radius 2 is 2.21 bits per heavy atom. The van der Waals surface area contributed by atoms with Gasteiger partial charge in [-0.2, -0.15) is 0 Å². The summed E-state index contributed by atoms with van der Waals surface area (Å²) >= 11 is 0. The number of hydrogen-bond acceptors (Lipinski definition) is 4. The number of carbonyl (C=O) groups is 1. The zero-order chi connectivity index (χ0) is 14.3. The number of carbonyl (C=O) groups excluding carboxylic acids is 1. The average molecular weight is 265 g/mol. The van der Waals surface area contributed by atoms with E-state index in [9.17, 15) is 4.79 Å². The van der Waals surface area contributed by atoms with Crippen LogP contribution in [-0.2, 0) is 4.74 Å². The van der Waals surface area contributed by atoms with Gasteiger partial charge in [-0.15, -0.1) is 0 Å². The summed E-state index contributed by atoms with van der Waals surface area (Å²) in [4.78, 5) is 16.4. The second-order valence-corrected chi connectivity index (χ2v) is 4.44. The highest BCUT2D eigenvalue weighted by Gasteiger charge is 2.15. The summed E-state index contributed by atoms with van der Waals surface area (Å²) < 4.78 is 5.08. The van der Waals surface area contributed by atoms with Crippen molar-refractivity contribution in [2.45, 2.75) is 33.2 Å². The lowest BCUT2D eigenvalue weighted by Gasteiger charge is -2.17. The zero-order valence-corrected chi connectivity index (χ0v) is 12.1.